The molecule has 4 nitrogen and oxygen atoms in total. The van der Waals surface area contributed by atoms with E-state index in [0.29, 0.717) is 12.2 Å². The highest BCUT2D eigenvalue weighted by molar-refractivity contribution is 7.99. The molecule has 0 aliphatic carbocycles. The lowest BCUT2D eigenvalue weighted by Crippen LogP contribution is -2.48. The number of benzene rings is 2. The normalized spacial score (nSPS) is 15.6. The van der Waals surface area contributed by atoms with Crippen LogP contribution in [0.1, 0.15) is 12.0 Å². The number of para-hydroxylation sites is 1. The molecule has 1 saturated heterocycles. The highest BCUT2D eigenvalue weighted by Gasteiger charge is 2.33. The van der Waals surface area contributed by atoms with Crippen LogP contribution in [0.2, 0.25) is 0 Å². The van der Waals surface area contributed by atoms with Crippen molar-refractivity contribution in [1.29, 1.82) is 0 Å². The molecule has 0 aromatic heterocycles. The highest BCUT2D eigenvalue weighted by atomic mass is 35.5. The molecule has 0 atom stereocenters. The lowest BCUT2D eigenvalue weighted by atomic mass is 10.1. The van der Waals surface area contributed by atoms with Gasteiger partial charge < -0.3 is 15.1 Å². The van der Waals surface area contributed by atoms with Crippen molar-refractivity contribution in [3.05, 3.63) is 60.7 Å². The second-order valence-electron chi connectivity index (χ2n) is 8.43. The molecule has 11 heteroatoms. The summed E-state index contributed by atoms with van der Waals surface area (Å²) in [4.78, 5) is 8.96. The number of hydrogen-bond acceptors (Lipinski definition) is 5. The van der Waals surface area contributed by atoms with E-state index in [1.165, 1.54) is 12.1 Å². The fraction of sp³-hybridized carbons (Fsp3) is 0.440. The van der Waals surface area contributed by atoms with Gasteiger partial charge in [0.1, 0.15) is 0 Å². The first-order chi connectivity index (χ1) is 16.0. The summed E-state index contributed by atoms with van der Waals surface area (Å²) < 4.78 is 40.1. The lowest BCUT2D eigenvalue weighted by Gasteiger charge is -2.36. The van der Waals surface area contributed by atoms with Crippen LogP contribution in [0, 0.1) is 0 Å². The minimum atomic E-state index is -4.34. The molecule has 0 bridgehead atoms. The Morgan fingerprint density at radius 2 is 1.50 bits per heavy atom. The summed E-state index contributed by atoms with van der Waals surface area (Å²) in [5, 5.41) is 3.34. The number of nitrogens with zero attached hydrogens (tertiary/aromatic N) is 3. The lowest BCUT2D eigenvalue weighted by molar-refractivity contribution is -0.137. The Morgan fingerprint density at radius 3 is 2.17 bits per heavy atom. The van der Waals surface area contributed by atoms with E-state index in [0.717, 1.165) is 74.3 Å². The molecule has 2 aromatic rings. The second-order valence-corrected chi connectivity index (χ2v) is 9.52. The molecule has 4 rings (SSSR count). The summed E-state index contributed by atoms with van der Waals surface area (Å²) in [5.74, 6) is 0. The second kappa shape index (κ2) is 15.3. The molecule has 0 spiro atoms. The predicted molar refractivity (Wildman–Crippen MR) is 151 cm³/mol. The van der Waals surface area contributed by atoms with Crippen molar-refractivity contribution < 1.29 is 13.2 Å². The fourth-order valence-corrected chi connectivity index (χ4v) is 5.45. The van der Waals surface area contributed by atoms with E-state index in [-0.39, 0.29) is 37.2 Å². The predicted octanol–water partition coefficient (Wildman–Crippen LogP) is 6.36. The number of rotatable bonds is 9. The van der Waals surface area contributed by atoms with E-state index >= 15 is 0 Å². The molecule has 2 heterocycles. The van der Waals surface area contributed by atoms with Crippen molar-refractivity contribution in [3.8, 4) is 0 Å². The Morgan fingerprint density at radius 1 is 0.861 bits per heavy atom. The Kier molecular flexibility index (Phi) is 14.0. The average molecular weight is 586 g/mol. The quantitative estimate of drug-likeness (QED) is 0.273. The van der Waals surface area contributed by atoms with Gasteiger partial charge in [-0.15, -0.1) is 43.8 Å². The zero-order valence-electron chi connectivity index (χ0n) is 20.0. The molecule has 1 N–H and O–H groups in total. The summed E-state index contributed by atoms with van der Waals surface area (Å²) in [6, 6.07) is 12.1. The monoisotopic (exact) mass is 584 g/mol. The van der Waals surface area contributed by atoms with Crippen LogP contribution in [0.4, 0.5) is 24.5 Å². The summed E-state index contributed by atoms with van der Waals surface area (Å²) in [7, 11) is 0. The van der Waals surface area contributed by atoms with Gasteiger partial charge in [-0.2, -0.15) is 13.2 Å². The molecule has 0 amide bonds. The molecular weight excluding hydrogens is 552 g/mol. The third kappa shape index (κ3) is 8.45. The van der Waals surface area contributed by atoms with Gasteiger partial charge in [-0.05, 0) is 43.3 Å². The van der Waals surface area contributed by atoms with Gasteiger partial charge in [0.25, 0.3) is 0 Å². The van der Waals surface area contributed by atoms with Crippen molar-refractivity contribution in [1.82, 2.24) is 15.1 Å². The zero-order valence-corrected chi connectivity index (χ0v) is 23.3. The third-order valence-corrected chi connectivity index (χ3v) is 7.30. The molecule has 0 radical (unpaired) electrons. The summed E-state index contributed by atoms with van der Waals surface area (Å²) in [6.45, 7) is 12.4. The number of piperazine rings is 1. The number of alkyl halides is 3. The van der Waals surface area contributed by atoms with Crippen LogP contribution in [0.15, 0.2) is 64.9 Å². The van der Waals surface area contributed by atoms with Crippen LogP contribution >= 0.6 is 49.0 Å². The molecule has 2 aliphatic rings. The maximum atomic E-state index is 13.4. The Labute approximate surface area is 234 Å². The minimum Gasteiger partial charge on any atom is -0.340 e. The zero-order chi connectivity index (χ0) is 23.3. The Hall–Kier alpha value is -1.13. The molecule has 1 fully saturated rings. The fourth-order valence-electron chi connectivity index (χ4n) is 4.38. The topological polar surface area (TPSA) is 21.8 Å². The first kappa shape index (κ1) is 32.9. The van der Waals surface area contributed by atoms with E-state index in [4.69, 9.17) is 0 Å². The first-order valence-electron chi connectivity index (χ1n) is 11.5. The molecule has 202 valence electrons. The van der Waals surface area contributed by atoms with Crippen molar-refractivity contribution in [2.75, 3.05) is 63.8 Å². The smallest absolute Gasteiger partial charge is 0.340 e. The van der Waals surface area contributed by atoms with Gasteiger partial charge in [-0.3, -0.25) is 4.90 Å². The van der Waals surface area contributed by atoms with Crippen molar-refractivity contribution in [3.63, 3.8) is 0 Å². The Balaban J connectivity index is 0.00000216. The third-order valence-electron chi connectivity index (χ3n) is 6.17. The largest absolute Gasteiger partial charge is 0.416 e. The van der Waals surface area contributed by atoms with Gasteiger partial charge in [-0.25, -0.2) is 0 Å². The van der Waals surface area contributed by atoms with Crippen molar-refractivity contribution in [2.45, 2.75) is 22.4 Å². The minimum absolute atomic E-state index is 0. The van der Waals surface area contributed by atoms with Crippen molar-refractivity contribution >= 4 is 60.4 Å². The van der Waals surface area contributed by atoms with Gasteiger partial charge >= 0.3 is 6.18 Å². The number of halogens is 6. The molecule has 2 aliphatic heterocycles. The highest BCUT2D eigenvalue weighted by Crippen LogP contribution is 2.49. The molecule has 36 heavy (non-hydrogen) atoms. The van der Waals surface area contributed by atoms with Gasteiger partial charge in [0.15, 0.2) is 0 Å². The average Bonchev–Trinajstić information content (AvgIpc) is 2.81. The molecular formula is C25H34Cl3F3N4S. The summed E-state index contributed by atoms with van der Waals surface area (Å²) in [5.41, 5.74) is 1.06. The van der Waals surface area contributed by atoms with Gasteiger partial charge in [0, 0.05) is 62.1 Å². The van der Waals surface area contributed by atoms with Gasteiger partial charge in [0.2, 0.25) is 0 Å². The molecule has 0 saturated carbocycles. The van der Waals surface area contributed by atoms with E-state index < -0.39 is 11.7 Å². The standard InChI is InChI=1S/C25H31F3N4S.3ClH/c1-2-10-29-11-14-31-17-15-30(16-18-31)12-5-13-32-21-6-3-4-7-23(21)33-24-9-8-20(19-22(24)32)25(26,27)28;;;/h2-4,6-9,19,29H,1,5,10-18H2;3*1H. The van der Waals surface area contributed by atoms with Gasteiger partial charge in [-0.1, -0.05) is 30.0 Å². The Bertz CT molecular complexity index is 956. The maximum Gasteiger partial charge on any atom is 0.416 e. The SMILES string of the molecule is C=CCNCCN1CCN(CCCN2c3ccccc3Sc3ccc(C(F)(F)F)cc32)CC1.Cl.Cl.Cl. The van der Waals surface area contributed by atoms with E-state index in [1.807, 2.05) is 30.3 Å². The van der Waals surface area contributed by atoms with Crippen LogP contribution in [0.25, 0.3) is 0 Å². The number of hydrogen-bond donors (Lipinski definition) is 1. The number of nitrogens with one attached hydrogen (secondary N) is 1. The van der Waals surface area contributed by atoms with Crippen LogP contribution in [-0.4, -0.2) is 68.7 Å². The van der Waals surface area contributed by atoms with Crippen molar-refractivity contribution in [2.24, 2.45) is 0 Å². The van der Waals surface area contributed by atoms with Gasteiger partial charge in [0.05, 0.1) is 16.9 Å². The molecule has 2 aromatic carbocycles. The van der Waals surface area contributed by atoms with E-state index in [9.17, 15) is 13.2 Å². The van der Waals surface area contributed by atoms with E-state index in [1.54, 1.807) is 17.8 Å². The summed E-state index contributed by atoms with van der Waals surface area (Å²) in [6.07, 6.45) is -1.57. The number of anilines is 2. The van der Waals surface area contributed by atoms with E-state index in [2.05, 4.69) is 26.6 Å². The van der Waals surface area contributed by atoms with Crippen LogP contribution < -0.4 is 10.2 Å². The molecule has 0 unspecified atom stereocenters. The van der Waals surface area contributed by atoms with Crippen LogP contribution in [0.3, 0.4) is 0 Å². The summed E-state index contributed by atoms with van der Waals surface area (Å²) >= 11 is 1.54. The maximum absolute atomic E-state index is 13.4. The van der Waals surface area contributed by atoms with Crippen LogP contribution in [0.5, 0.6) is 0 Å². The van der Waals surface area contributed by atoms with Crippen LogP contribution in [-0.2, 0) is 6.18 Å². The number of fused-ring (bicyclic) bond motifs is 2. The first-order valence-corrected chi connectivity index (χ1v) is 12.3.